The van der Waals surface area contributed by atoms with Gasteiger partial charge in [-0.2, -0.15) is 17.4 Å². The van der Waals surface area contributed by atoms with Crippen LogP contribution in [0.15, 0.2) is 21.3 Å². The maximum absolute atomic E-state index is 14.7. The number of piperidine rings is 1. The van der Waals surface area contributed by atoms with Gasteiger partial charge in [0.2, 0.25) is 5.89 Å². The number of nitrogens with one attached hydrogen (secondary N) is 2. The molecular formula is C20H29FN4O4S. The van der Waals surface area contributed by atoms with Crippen LogP contribution in [-0.2, 0) is 10.2 Å². The largest absolute Gasteiger partial charge is 0.434 e. The molecule has 0 saturated carbocycles. The fraction of sp³-hybridized carbons (Fsp3) is 0.600. The van der Waals surface area contributed by atoms with Crippen LogP contribution in [0.5, 0.6) is 0 Å². The van der Waals surface area contributed by atoms with Gasteiger partial charge in [0.05, 0.1) is 0 Å². The molecule has 1 fully saturated rings. The summed E-state index contributed by atoms with van der Waals surface area (Å²) < 4.78 is 50.3. The first kappa shape index (κ1) is 22.6. The average molecular weight is 441 g/mol. The molecule has 166 valence electrons. The second kappa shape index (κ2) is 8.60. The summed E-state index contributed by atoms with van der Waals surface area (Å²) in [5, 5.41) is 5.99. The number of benzene rings is 1. The summed E-state index contributed by atoms with van der Waals surface area (Å²) in [6.45, 7) is 10.1. The van der Waals surface area contributed by atoms with E-state index in [2.05, 4.69) is 14.9 Å². The second-order valence-electron chi connectivity index (χ2n) is 8.51. The highest BCUT2D eigenvalue weighted by molar-refractivity contribution is 7.87. The van der Waals surface area contributed by atoms with Crippen LogP contribution in [0.4, 0.5) is 4.39 Å². The lowest BCUT2D eigenvalue weighted by Gasteiger charge is -2.35. The monoisotopic (exact) mass is 440 g/mol. The molecule has 0 radical (unpaired) electrons. The van der Waals surface area contributed by atoms with Crippen molar-refractivity contribution in [3.63, 3.8) is 0 Å². The van der Waals surface area contributed by atoms with Crippen molar-refractivity contribution in [1.82, 2.24) is 19.2 Å². The Kier molecular flexibility index (Phi) is 6.49. The smallest absolute Gasteiger partial charge is 0.391 e. The molecule has 4 atom stereocenters. The molecule has 0 aliphatic carbocycles. The number of nitrogens with zero attached hydrogens (tertiary/aromatic N) is 2. The second-order valence-corrected chi connectivity index (χ2v) is 10.2. The minimum atomic E-state index is -3.93. The van der Waals surface area contributed by atoms with Crippen molar-refractivity contribution >= 4 is 10.2 Å². The number of aromatic nitrogens is 2. The molecule has 3 rings (SSSR count). The van der Waals surface area contributed by atoms with Crippen LogP contribution in [0, 0.1) is 31.5 Å². The Hall–Kier alpha value is -2.04. The summed E-state index contributed by atoms with van der Waals surface area (Å²) in [4.78, 5) is 11.5. The standard InChI is InChI=1S/C20H29FN4O4S/c1-11-8-12(2)10-25(9-11)30(27,28)24-18(19-22-23-20(26)29-19)15(5)17-14(4)13(3)6-7-16(17)21/h6-7,11-12,15,18,24H,8-10H2,1-5H3,(H,23,26)/t11?,12?,15-,18+/m1/s1. The van der Waals surface area contributed by atoms with Gasteiger partial charge in [-0.05, 0) is 54.9 Å². The van der Waals surface area contributed by atoms with E-state index in [1.165, 1.54) is 10.4 Å². The molecule has 2 heterocycles. The average Bonchev–Trinajstić information content (AvgIpc) is 3.08. The molecule has 1 saturated heterocycles. The zero-order valence-electron chi connectivity index (χ0n) is 17.9. The number of H-pyrrole nitrogens is 1. The number of hydrogen-bond donors (Lipinski definition) is 2. The van der Waals surface area contributed by atoms with E-state index in [9.17, 15) is 17.6 Å². The molecule has 8 nitrogen and oxygen atoms in total. The Labute approximate surface area is 176 Å². The molecule has 1 aromatic heterocycles. The number of hydrogen-bond acceptors (Lipinski definition) is 5. The van der Waals surface area contributed by atoms with Crippen LogP contribution >= 0.6 is 0 Å². The van der Waals surface area contributed by atoms with Crippen molar-refractivity contribution in [2.45, 2.75) is 53.0 Å². The third-order valence-corrected chi connectivity index (χ3v) is 7.39. The van der Waals surface area contributed by atoms with Crippen molar-refractivity contribution in [3.8, 4) is 0 Å². The predicted molar refractivity (Wildman–Crippen MR) is 111 cm³/mol. The molecule has 10 heteroatoms. The van der Waals surface area contributed by atoms with Gasteiger partial charge in [0.15, 0.2) is 0 Å². The summed E-state index contributed by atoms with van der Waals surface area (Å²) in [7, 11) is -3.93. The SMILES string of the molecule is Cc1ccc(F)c([C@@H](C)[C@H](NS(=O)(=O)N2CC(C)CC(C)C2)c2n[nH]c(=O)o2)c1C. The first-order valence-corrected chi connectivity index (χ1v) is 11.5. The van der Waals surface area contributed by atoms with Gasteiger partial charge in [-0.1, -0.05) is 26.8 Å². The molecule has 1 aliphatic rings. The summed E-state index contributed by atoms with van der Waals surface area (Å²) in [6, 6.07) is 1.97. The number of aromatic amines is 1. The normalized spacial score (nSPS) is 22.7. The Morgan fingerprint density at radius 2 is 1.90 bits per heavy atom. The van der Waals surface area contributed by atoms with Gasteiger partial charge in [0.25, 0.3) is 10.2 Å². The van der Waals surface area contributed by atoms with E-state index < -0.39 is 33.7 Å². The van der Waals surface area contributed by atoms with Crippen molar-refractivity contribution in [3.05, 3.63) is 51.1 Å². The quantitative estimate of drug-likeness (QED) is 0.718. The molecule has 1 aliphatic heterocycles. The van der Waals surface area contributed by atoms with Crippen LogP contribution in [-0.4, -0.2) is 36.0 Å². The summed E-state index contributed by atoms with van der Waals surface area (Å²) in [6.07, 6.45) is 0.952. The van der Waals surface area contributed by atoms with Gasteiger partial charge in [0, 0.05) is 19.0 Å². The number of halogens is 1. The van der Waals surface area contributed by atoms with Gasteiger partial charge in [-0.15, -0.1) is 5.10 Å². The number of rotatable bonds is 6. The maximum atomic E-state index is 14.7. The summed E-state index contributed by atoms with van der Waals surface area (Å²) in [5.41, 5.74) is 1.94. The highest BCUT2D eigenvalue weighted by atomic mass is 32.2. The van der Waals surface area contributed by atoms with E-state index >= 15 is 0 Å². The first-order valence-electron chi connectivity index (χ1n) is 10.1. The molecule has 2 aromatic rings. The minimum absolute atomic E-state index is 0.130. The molecule has 0 amide bonds. The third-order valence-electron chi connectivity index (χ3n) is 5.86. The van der Waals surface area contributed by atoms with Gasteiger partial charge < -0.3 is 4.42 Å². The first-order chi connectivity index (χ1) is 14.0. The van der Waals surface area contributed by atoms with Crippen molar-refractivity contribution in [2.75, 3.05) is 13.1 Å². The van der Waals surface area contributed by atoms with E-state index in [1.54, 1.807) is 19.9 Å². The van der Waals surface area contributed by atoms with E-state index in [0.29, 0.717) is 24.2 Å². The van der Waals surface area contributed by atoms with Crippen LogP contribution in [0.2, 0.25) is 0 Å². The van der Waals surface area contributed by atoms with E-state index in [-0.39, 0.29) is 17.7 Å². The molecule has 0 bridgehead atoms. The topological polar surface area (TPSA) is 108 Å². The highest BCUT2D eigenvalue weighted by Crippen LogP contribution is 2.35. The fourth-order valence-electron chi connectivity index (χ4n) is 4.31. The van der Waals surface area contributed by atoms with Crippen LogP contribution in [0.25, 0.3) is 0 Å². The van der Waals surface area contributed by atoms with Gasteiger partial charge in [0.1, 0.15) is 11.9 Å². The lowest BCUT2D eigenvalue weighted by atomic mass is 9.88. The third kappa shape index (κ3) is 4.65. The van der Waals surface area contributed by atoms with Gasteiger partial charge in [-0.25, -0.2) is 14.3 Å². The highest BCUT2D eigenvalue weighted by Gasteiger charge is 2.37. The Balaban J connectivity index is 2.00. The zero-order valence-corrected chi connectivity index (χ0v) is 18.7. The van der Waals surface area contributed by atoms with Crippen LogP contribution < -0.4 is 10.5 Å². The molecule has 30 heavy (non-hydrogen) atoms. The van der Waals surface area contributed by atoms with Gasteiger partial charge in [-0.3, -0.25) is 0 Å². The van der Waals surface area contributed by atoms with Crippen molar-refractivity contribution in [1.29, 1.82) is 0 Å². The zero-order chi connectivity index (χ0) is 22.2. The van der Waals surface area contributed by atoms with E-state index in [4.69, 9.17) is 4.42 Å². The molecule has 1 aromatic carbocycles. The van der Waals surface area contributed by atoms with Crippen molar-refractivity contribution < 1.29 is 17.2 Å². The Morgan fingerprint density at radius 3 is 2.47 bits per heavy atom. The van der Waals surface area contributed by atoms with E-state index in [0.717, 1.165) is 12.0 Å². The molecule has 2 N–H and O–H groups in total. The predicted octanol–water partition coefficient (Wildman–Crippen LogP) is 2.78. The molecule has 2 unspecified atom stereocenters. The maximum Gasteiger partial charge on any atom is 0.434 e. The van der Waals surface area contributed by atoms with Crippen LogP contribution in [0.3, 0.4) is 0 Å². The Morgan fingerprint density at radius 1 is 1.27 bits per heavy atom. The van der Waals surface area contributed by atoms with E-state index in [1.807, 2.05) is 20.8 Å². The minimum Gasteiger partial charge on any atom is -0.391 e. The summed E-state index contributed by atoms with van der Waals surface area (Å²) >= 11 is 0. The fourth-order valence-corrected chi connectivity index (χ4v) is 5.98. The number of aryl methyl sites for hydroxylation is 1. The van der Waals surface area contributed by atoms with Gasteiger partial charge >= 0.3 is 5.76 Å². The Bertz CT molecular complexity index is 1050. The van der Waals surface area contributed by atoms with Crippen LogP contribution in [0.1, 0.15) is 61.7 Å². The summed E-state index contributed by atoms with van der Waals surface area (Å²) in [5.74, 6) is -1.61. The van der Waals surface area contributed by atoms with Crippen molar-refractivity contribution in [2.24, 2.45) is 11.8 Å². The lowest BCUT2D eigenvalue weighted by Crippen LogP contribution is -2.49. The lowest BCUT2D eigenvalue weighted by molar-refractivity contribution is 0.218. The molecular weight excluding hydrogens is 411 g/mol. The molecule has 0 spiro atoms.